The Balaban J connectivity index is 1.27. The highest BCUT2D eigenvalue weighted by molar-refractivity contribution is 5.94. The molecule has 0 saturated carbocycles. The van der Waals surface area contributed by atoms with Gasteiger partial charge < -0.3 is 19.5 Å². The highest BCUT2D eigenvalue weighted by Crippen LogP contribution is 2.19. The van der Waals surface area contributed by atoms with E-state index in [1.165, 1.54) is 12.8 Å². The van der Waals surface area contributed by atoms with Gasteiger partial charge in [0.2, 0.25) is 0 Å². The SMILES string of the molecule is Cn1ccnc1-c1ccc(C(=O)NC2CCN(C[C@@H]3CCCO3)CC2)cc1. The van der Waals surface area contributed by atoms with Gasteiger partial charge in [-0.15, -0.1) is 0 Å². The Bertz CT molecular complexity index is 757. The first-order valence-electron chi connectivity index (χ1n) is 9.91. The van der Waals surface area contributed by atoms with E-state index in [-0.39, 0.29) is 11.9 Å². The monoisotopic (exact) mass is 368 g/mol. The van der Waals surface area contributed by atoms with E-state index >= 15 is 0 Å². The molecule has 2 aromatic rings. The molecule has 2 fully saturated rings. The summed E-state index contributed by atoms with van der Waals surface area (Å²) in [6.07, 6.45) is 8.49. The molecule has 3 heterocycles. The first-order valence-corrected chi connectivity index (χ1v) is 9.91. The standard InChI is InChI=1S/C21H28N4O2/c1-24-13-10-22-20(24)16-4-6-17(7-5-16)21(26)23-18-8-11-25(12-9-18)15-19-3-2-14-27-19/h4-7,10,13,18-19H,2-3,8-9,11-12,14-15H2,1H3,(H,23,26)/t19-/m0/s1. The number of amides is 1. The zero-order chi connectivity index (χ0) is 18.6. The summed E-state index contributed by atoms with van der Waals surface area (Å²) in [5, 5.41) is 3.20. The summed E-state index contributed by atoms with van der Waals surface area (Å²) in [5.74, 6) is 0.916. The second kappa shape index (κ2) is 8.23. The molecule has 1 aromatic heterocycles. The Labute approximate surface area is 160 Å². The predicted octanol–water partition coefficient (Wildman–Crippen LogP) is 2.46. The van der Waals surface area contributed by atoms with Gasteiger partial charge in [0.15, 0.2) is 0 Å². The lowest BCUT2D eigenvalue weighted by Crippen LogP contribution is -2.46. The molecule has 6 nitrogen and oxygen atoms in total. The quantitative estimate of drug-likeness (QED) is 0.881. The molecule has 4 rings (SSSR count). The number of hydrogen-bond acceptors (Lipinski definition) is 4. The lowest BCUT2D eigenvalue weighted by molar-refractivity contribution is 0.0613. The average Bonchev–Trinajstić information content (AvgIpc) is 3.35. The molecule has 0 aliphatic carbocycles. The number of piperidine rings is 1. The molecule has 0 radical (unpaired) electrons. The Morgan fingerprint density at radius 2 is 2.00 bits per heavy atom. The topological polar surface area (TPSA) is 59.4 Å². The van der Waals surface area contributed by atoms with E-state index in [1.54, 1.807) is 6.20 Å². The lowest BCUT2D eigenvalue weighted by atomic mass is 10.0. The van der Waals surface area contributed by atoms with Crippen LogP contribution in [0.1, 0.15) is 36.0 Å². The van der Waals surface area contributed by atoms with Crippen LogP contribution in [0, 0.1) is 0 Å². The van der Waals surface area contributed by atoms with Crippen molar-refractivity contribution in [3.05, 3.63) is 42.2 Å². The minimum absolute atomic E-state index is 0.0129. The third-order valence-electron chi connectivity index (χ3n) is 5.64. The number of likely N-dealkylation sites (tertiary alicyclic amines) is 1. The maximum absolute atomic E-state index is 12.6. The summed E-state index contributed by atoms with van der Waals surface area (Å²) >= 11 is 0. The van der Waals surface area contributed by atoms with Crippen LogP contribution in [-0.4, -0.2) is 58.7 Å². The van der Waals surface area contributed by atoms with Crippen LogP contribution in [0.3, 0.4) is 0 Å². The summed E-state index contributed by atoms with van der Waals surface area (Å²) in [7, 11) is 1.97. The van der Waals surface area contributed by atoms with Gasteiger partial charge in [0.05, 0.1) is 6.10 Å². The minimum Gasteiger partial charge on any atom is -0.377 e. The molecule has 1 amide bonds. The zero-order valence-corrected chi connectivity index (χ0v) is 15.9. The molecule has 1 atom stereocenters. The number of nitrogens with one attached hydrogen (secondary N) is 1. The van der Waals surface area contributed by atoms with Gasteiger partial charge >= 0.3 is 0 Å². The second-order valence-electron chi connectivity index (χ2n) is 7.62. The fourth-order valence-electron chi connectivity index (χ4n) is 4.02. The molecular weight excluding hydrogens is 340 g/mol. The van der Waals surface area contributed by atoms with Crippen molar-refractivity contribution in [2.45, 2.75) is 37.8 Å². The number of aromatic nitrogens is 2. The predicted molar refractivity (Wildman–Crippen MR) is 105 cm³/mol. The number of benzene rings is 1. The van der Waals surface area contributed by atoms with Crippen LogP contribution in [0.5, 0.6) is 0 Å². The van der Waals surface area contributed by atoms with Crippen LogP contribution in [-0.2, 0) is 11.8 Å². The van der Waals surface area contributed by atoms with E-state index in [1.807, 2.05) is 42.1 Å². The third-order valence-corrected chi connectivity index (χ3v) is 5.64. The molecule has 1 N–H and O–H groups in total. The van der Waals surface area contributed by atoms with E-state index in [0.717, 1.165) is 50.5 Å². The fourth-order valence-corrected chi connectivity index (χ4v) is 4.02. The summed E-state index contributed by atoms with van der Waals surface area (Å²) in [4.78, 5) is 19.4. The number of rotatable bonds is 5. The molecule has 2 saturated heterocycles. The highest BCUT2D eigenvalue weighted by Gasteiger charge is 2.24. The molecule has 2 aliphatic rings. The number of nitrogens with zero attached hydrogens (tertiary/aromatic N) is 3. The minimum atomic E-state index is 0.0129. The number of imidazole rings is 1. The molecule has 6 heteroatoms. The molecule has 0 spiro atoms. The van der Waals surface area contributed by atoms with Gasteiger partial charge in [-0.25, -0.2) is 4.98 Å². The molecule has 27 heavy (non-hydrogen) atoms. The van der Waals surface area contributed by atoms with Crippen LogP contribution in [0.25, 0.3) is 11.4 Å². The first kappa shape index (κ1) is 18.2. The molecule has 1 aromatic carbocycles. The van der Waals surface area contributed by atoms with Crippen LogP contribution in [0.4, 0.5) is 0 Å². The van der Waals surface area contributed by atoms with Crippen molar-refractivity contribution >= 4 is 5.91 Å². The molecule has 0 bridgehead atoms. The van der Waals surface area contributed by atoms with Gasteiger partial charge in [-0.1, -0.05) is 12.1 Å². The van der Waals surface area contributed by atoms with Crippen molar-refractivity contribution in [3.63, 3.8) is 0 Å². The van der Waals surface area contributed by atoms with E-state index in [4.69, 9.17) is 4.74 Å². The molecule has 0 unspecified atom stereocenters. The van der Waals surface area contributed by atoms with Crippen LogP contribution in [0.15, 0.2) is 36.7 Å². The van der Waals surface area contributed by atoms with E-state index in [0.29, 0.717) is 11.7 Å². The smallest absolute Gasteiger partial charge is 0.251 e. The highest BCUT2D eigenvalue weighted by atomic mass is 16.5. The van der Waals surface area contributed by atoms with Gasteiger partial charge in [0.25, 0.3) is 5.91 Å². The summed E-state index contributed by atoms with van der Waals surface area (Å²) < 4.78 is 7.70. The largest absolute Gasteiger partial charge is 0.377 e. The number of hydrogen-bond donors (Lipinski definition) is 1. The summed E-state index contributed by atoms with van der Waals surface area (Å²) in [5.41, 5.74) is 1.72. The van der Waals surface area contributed by atoms with Crippen molar-refractivity contribution in [2.75, 3.05) is 26.2 Å². The van der Waals surface area contributed by atoms with Gasteiger partial charge in [-0.3, -0.25) is 4.79 Å². The second-order valence-corrected chi connectivity index (χ2v) is 7.62. The maximum atomic E-state index is 12.6. The van der Waals surface area contributed by atoms with Crippen molar-refractivity contribution in [1.29, 1.82) is 0 Å². The Morgan fingerprint density at radius 3 is 2.63 bits per heavy atom. The van der Waals surface area contributed by atoms with Crippen molar-refractivity contribution in [3.8, 4) is 11.4 Å². The summed E-state index contributed by atoms with van der Waals surface area (Å²) in [6.45, 7) is 4.01. The number of carbonyl (C=O) groups is 1. The first-order chi connectivity index (χ1) is 13.2. The Morgan fingerprint density at radius 1 is 1.22 bits per heavy atom. The number of aryl methyl sites for hydroxylation is 1. The fraction of sp³-hybridized carbons (Fsp3) is 0.524. The van der Waals surface area contributed by atoms with Gasteiger partial charge in [0, 0.05) is 62.9 Å². The van der Waals surface area contributed by atoms with E-state index in [9.17, 15) is 4.79 Å². The Hall–Kier alpha value is -2.18. The van der Waals surface area contributed by atoms with Gasteiger partial charge in [-0.2, -0.15) is 0 Å². The third kappa shape index (κ3) is 4.39. The van der Waals surface area contributed by atoms with Crippen LogP contribution >= 0.6 is 0 Å². The lowest BCUT2D eigenvalue weighted by Gasteiger charge is -2.33. The van der Waals surface area contributed by atoms with Gasteiger partial charge in [-0.05, 0) is 37.8 Å². The maximum Gasteiger partial charge on any atom is 0.251 e. The number of carbonyl (C=O) groups excluding carboxylic acids is 1. The molecule has 144 valence electrons. The number of ether oxygens (including phenoxy) is 1. The summed E-state index contributed by atoms with van der Waals surface area (Å²) in [6, 6.07) is 7.94. The van der Waals surface area contributed by atoms with Crippen molar-refractivity contribution in [2.24, 2.45) is 7.05 Å². The van der Waals surface area contributed by atoms with E-state index in [2.05, 4.69) is 15.2 Å². The van der Waals surface area contributed by atoms with E-state index < -0.39 is 0 Å². The van der Waals surface area contributed by atoms with Crippen molar-refractivity contribution in [1.82, 2.24) is 19.8 Å². The van der Waals surface area contributed by atoms with Gasteiger partial charge in [0.1, 0.15) is 5.82 Å². The average molecular weight is 368 g/mol. The zero-order valence-electron chi connectivity index (χ0n) is 15.9. The van der Waals surface area contributed by atoms with Crippen LogP contribution < -0.4 is 5.32 Å². The normalized spacial score (nSPS) is 21.4. The Kier molecular flexibility index (Phi) is 5.55. The molecular formula is C21H28N4O2. The van der Waals surface area contributed by atoms with Crippen LogP contribution in [0.2, 0.25) is 0 Å². The molecule has 2 aliphatic heterocycles. The van der Waals surface area contributed by atoms with Crippen molar-refractivity contribution < 1.29 is 9.53 Å².